The van der Waals surface area contributed by atoms with Crippen LogP contribution in [0.5, 0.6) is 0 Å². The van der Waals surface area contributed by atoms with Crippen LogP contribution in [0.3, 0.4) is 0 Å². The molecule has 14 heavy (non-hydrogen) atoms. The van der Waals surface area contributed by atoms with Gasteiger partial charge in [0.05, 0.1) is 0 Å². The minimum atomic E-state index is 0. The van der Waals surface area contributed by atoms with Crippen LogP contribution >= 0.6 is 0 Å². The molecule has 1 aliphatic rings. The molecule has 0 spiro atoms. The first-order chi connectivity index (χ1) is 6.34. The van der Waals surface area contributed by atoms with Crippen molar-refractivity contribution in [2.75, 3.05) is 0 Å². The van der Waals surface area contributed by atoms with Gasteiger partial charge in [-0.05, 0) is 18.1 Å². The predicted molar refractivity (Wildman–Crippen MR) is 53.0 cm³/mol. The van der Waals surface area contributed by atoms with Crippen LogP contribution in [-0.2, 0) is 17.1 Å². The molecule has 2 rings (SSSR count). The van der Waals surface area contributed by atoms with Crippen LogP contribution in [-0.4, -0.2) is 0 Å². The van der Waals surface area contributed by atoms with E-state index in [-0.39, 0.29) is 17.1 Å². The average Bonchev–Trinajstić information content (AvgIpc) is 2.76. The van der Waals surface area contributed by atoms with Crippen molar-refractivity contribution in [3.63, 3.8) is 0 Å². The molecule has 0 amide bonds. The summed E-state index contributed by atoms with van der Waals surface area (Å²) < 4.78 is 0. The monoisotopic (exact) mass is 228 g/mol. The van der Waals surface area contributed by atoms with Gasteiger partial charge in [-0.1, -0.05) is 18.2 Å². The molecule has 1 aromatic rings. The summed E-state index contributed by atoms with van der Waals surface area (Å²) in [6, 6.07) is 10.0. The van der Waals surface area contributed by atoms with E-state index in [0.717, 1.165) is 17.4 Å². The molecule has 1 nitrogen and oxygen atoms in total. The second kappa shape index (κ2) is 7.31. The average molecular weight is 228 g/mol. The molecule has 0 N–H and O–H groups in total. The molecule has 74 valence electrons. The first-order valence-electron chi connectivity index (χ1n) is 4.19. The Morgan fingerprint density at radius 3 is 2.14 bits per heavy atom. The summed E-state index contributed by atoms with van der Waals surface area (Å²) in [6.45, 7) is 1.92. The zero-order valence-electron chi connectivity index (χ0n) is 7.96. The molecule has 0 aromatic heterocycles. The molecule has 0 saturated heterocycles. The summed E-state index contributed by atoms with van der Waals surface area (Å²) in [6.07, 6.45) is 6.47. The van der Waals surface area contributed by atoms with Crippen LogP contribution in [0.4, 0.5) is 0 Å². The Kier molecular flexibility index (Phi) is 6.73. The molecule has 0 aliphatic heterocycles. The van der Waals surface area contributed by atoms with E-state index in [0.29, 0.717) is 0 Å². The maximum atomic E-state index is 10.1. The standard InChI is InChI=1S/C7H8O.C5H5.Fe/c1-6-3-2-4-7(6)5-8;1-2-4-5-3-1;/h2-5,8H,1H3;1-5H;/q;-1;+2/p-1. The molecule has 0 fully saturated rings. The maximum absolute atomic E-state index is 10.1. The van der Waals surface area contributed by atoms with Crippen molar-refractivity contribution in [2.45, 2.75) is 6.92 Å². The largest absolute Gasteiger partial charge is 2.00 e. The fourth-order valence-electron chi connectivity index (χ4n) is 0.977. The van der Waals surface area contributed by atoms with E-state index in [9.17, 15) is 5.11 Å². The molecule has 1 aliphatic carbocycles. The SMILES string of the molecule is CC1=CC=CC1=C[O-].[Fe+2].c1cc[cH-]c1. The van der Waals surface area contributed by atoms with Crippen LogP contribution in [0.25, 0.3) is 0 Å². The van der Waals surface area contributed by atoms with Crippen LogP contribution in [0.15, 0.2) is 66.0 Å². The van der Waals surface area contributed by atoms with E-state index in [1.54, 1.807) is 0 Å². The van der Waals surface area contributed by atoms with Gasteiger partial charge in [0.15, 0.2) is 0 Å². The van der Waals surface area contributed by atoms with E-state index in [4.69, 9.17) is 0 Å². The molecular formula is C12H12FeO. The van der Waals surface area contributed by atoms with E-state index in [2.05, 4.69) is 0 Å². The Hall–Kier alpha value is -1.11. The first-order valence-corrected chi connectivity index (χ1v) is 4.19. The zero-order valence-corrected chi connectivity index (χ0v) is 9.06. The summed E-state index contributed by atoms with van der Waals surface area (Å²) in [5, 5.41) is 10.1. The molecule has 0 bridgehead atoms. The second-order valence-corrected chi connectivity index (χ2v) is 2.74. The van der Waals surface area contributed by atoms with Crippen LogP contribution in [0.2, 0.25) is 0 Å². The van der Waals surface area contributed by atoms with E-state index in [1.165, 1.54) is 0 Å². The Bertz CT molecular complexity index is 301. The quantitative estimate of drug-likeness (QED) is 0.379. The van der Waals surface area contributed by atoms with Crippen molar-refractivity contribution < 1.29 is 22.2 Å². The van der Waals surface area contributed by atoms with E-state index >= 15 is 0 Å². The Balaban J connectivity index is 0.000000246. The second-order valence-electron chi connectivity index (χ2n) is 2.74. The minimum Gasteiger partial charge on any atom is -0.877 e. The predicted octanol–water partition coefficient (Wildman–Crippen LogP) is 2.15. The fourth-order valence-corrected chi connectivity index (χ4v) is 0.977. The van der Waals surface area contributed by atoms with Gasteiger partial charge < -0.3 is 5.11 Å². The third-order valence-electron chi connectivity index (χ3n) is 1.76. The maximum Gasteiger partial charge on any atom is 2.00 e. The first kappa shape index (κ1) is 12.9. The van der Waals surface area contributed by atoms with Gasteiger partial charge in [0.25, 0.3) is 0 Å². The van der Waals surface area contributed by atoms with Gasteiger partial charge in [0.2, 0.25) is 0 Å². The van der Waals surface area contributed by atoms with Crippen molar-refractivity contribution in [2.24, 2.45) is 0 Å². The molecule has 1 aromatic carbocycles. The van der Waals surface area contributed by atoms with Gasteiger partial charge in [-0.3, -0.25) is 0 Å². The van der Waals surface area contributed by atoms with Crippen LogP contribution < -0.4 is 5.11 Å². The van der Waals surface area contributed by atoms with Crippen LogP contribution in [0, 0.1) is 0 Å². The summed E-state index contributed by atoms with van der Waals surface area (Å²) in [5.74, 6) is 0. The topological polar surface area (TPSA) is 23.1 Å². The minimum absolute atomic E-state index is 0. The molecule has 0 heterocycles. The summed E-state index contributed by atoms with van der Waals surface area (Å²) >= 11 is 0. The van der Waals surface area contributed by atoms with Gasteiger partial charge in [-0.25, -0.2) is 12.1 Å². The number of hydrogen-bond donors (Lipinski definition) is 0. The normalized spacial score (nSPS) is 15.5. The Morgan fingerprint density at radius 1 is 1.29 bits per heavy atom. The number of rotatable bonds is 0. The van der Waals surface area contributed by atoms with Gasteiger partial charge >= 0.3 is 17.1 Å². The molecular weight excluding hydrogens is 216 g/mol. The van der Waals surface area contributed by atoms with Crippen molar-refractivity contribution >= 4 is 0 Å². The number of hydrogen-bond acceptors (Lipinski definition) is 1. The Labute approximate surface area is 95.3 Å². The smallest absolute Gasteiger partial charge is 0.877 e. The third kappa shape index (κ3) is 4.22. The number of allylic oxidation sites excluding steroid dienone is 5. The third-order valence-corrected chi connectivity index (χ3v) is 1.76. The zero-order chi connectivity index (χ0) is 9.52. The van der Waals surface area contributed by atoms with Crippen LogP contribution in [0.1, 0.15) is 6.92 Å². The van der Waals surface area contributed by atoms with Gasteiger partial charge in [0.1, 0.15) is 0 Å². The molecule has 0 radical (unpaired) electrons. The van der Waals surface area contributed by atoms with Crippen molar-refractivity contribution in [3.05, 3.63) is 66.0 Å². The molecule has 2 heteroatoms. The molecule has 0 unspecified atom stereocenters. The van der Waals surface area contributed by atoms with Gasteiger partial charge in [-0.2, -0.15) is 18.2 Å². The van der Waals surface area contributed by atoms with Gasteiger partial charge in [-0.15, -0.1) is 6.26 Å². The summed E-state index contributed by atoms with van der Waals surface area (Å²) in [4.78, 5) is 0. The summed E-state index contributed by atoms with van der Waals surface area (Å²) in [7, 11) is 0. The van der Waals surface area contributed by atoms with Gasteiger partial charge in [0, 0.05) is 0 Å². The van der Waals surface area contributed by atoms with Crippen molar-refractivity contribution in [1.29, 1.82) is 0 Å². The van der Waals surface area contributed by atoms with Crippen molar-refractivity contribution in [3.8, 4) is 0 Å². The molecule has 0 atom stereocenters. The summed E-state index contributed by atoms with van der Waals surface area (Å²) in [5.41, 5.74) is 1.85. The van der Waals surface area contributed by atoms with E-state index < -0.39 is 0 Å². The molecule has 0 saturated carbocycles. The van der Waals surface area contributed by atoms with E-state index in [1.807, 2.05) is 55.5 Å². The fraction of sp³-hybridized carbons (Fsp3) is 0.0833. The Morgan fingerprint density at radius 2 is 1.93 bits per heavy atom. The van der Waals surface area contributed by atoms with Crippen molar-refractivity contribution in [1.82, 2.24) is 0 Å².